The van der Waals surface area contributed by atoms with Crippen molar-refractivity contribution < 1.29 is 9.90 Å². The highest BCUT2D eigenvalue weighted by Crippen LogP contribution is 2.17. The van der Waals surface area contributed by atoms with Gasteiger partial charge in [0.2, 0.25) is 5.91 Å². The van der Waals surface area contributed by atoms with E-state index in [-0.39, 0.29) is 24.1 Å². The van der Waals surface area contributed by atoms with E-state index in [1.807, 2.05) is 13.8 Å². The molecular weight excluding hydrogens is 180 g/mol. The number of β-amino-alcohol motifs (C(OH)–C–C–N with tert-alkyl or cyclic N) is 1. The van der Waals surface area contributed by atoms with Gasteiger partial charge in [0.1, 0.15) is 0 Å². The van der Waals surface area contributed by atoms with Gasteiger partial charge in [0.25, 0.3) is 0 Å². The fraction of sp³-hybridized carbons (Fsp3) is 0.900. The van der Waals surface area contributed by atoms with Crippen LogP contribution in [0, 0.1) is 0 Å². The minimum Gasteiger partial charge on any atom is -0.391 e. The molecule has 3 unspecified atom stereocenters. The van der Waals surface area contributed by atoms with Crippen LogP contribution in [-0.4, -0.2) is 47.7 Å². The third kappa shape index (κ3) is 2.45. The first kappa shape index (κ1) is 11.5. The average molecular weight is 200 g/mol. The number of aliphatic hydroxyl groups is 1. The van der Waals surface area contributed by atoms with Gasteiger partial charge in [-0.25, -0.2) is 0 Å². The van der Waals surface area contributed by atoms with E-state index < -0.39 is 0 Å². The Morgan fingerprint density at radius 3 is 2.79 bits per heavy atom. The summed E-state index contributed by atoms with van der Waals surface area (Å²) in [4.78, 5) is 13.6. The van der Waals surface area contributed by atoms with Crippen molar-refractivity contribution >= 4 is 5.91 Å². The highest BCUT2D eigenvalue weighted by Gasteiger charge is 2.29. The highest BCUT2D eigenvalue weighted by molar-refractivity contribution is 5.81. The first-order valence-electron chi connectivity index (χ1n) is 5.22. The molecule has 0 aliphatic carbocycles. The molecule has 1 aliphatic rings. The molecule has 2 N–H and O–H groups in total. The lowest BCUT2D eigenvalue weighted by Crippen LogP contribution is -2.52. The summed E-state index contributed by atoms with van der Waals surface area (Å²) in [6.07, 6.45) is 1.35. The van der Waals surface area contributed by atoms with Gasteiger partial charge in [-0.1, -0.05) is 0 Å². The number of aliphatic hydroxyl groups excluding tert-OH is 1. The van der Waals surface area contributed by atoms with Gasteiger partial charge in [0.05, 0.1) is 12.1 Å². The van der Waals surface area contributed by atoms with E-state index in [0.29, 0.717) is 6.54 Å². The Balaban J connectivity index is 2.60. The highest BCUT2D eigenvalue weighted by atomic mass is 16.3. The van der Waals surface area contributed by atoms with Crippen molar-refractivity contribution in [2.75, 3.05) is 13.6 Å². The summed E-state index contributed by atoms with van der Waals surface area (Å²) in [5.41, 5.74) is 0. The number of nitrogens with zero attached hydrogens (tertiary/aromatic N) is 1. The topological polar surface area (TPSA) is 52.6 Å². The van der Waals surface area contributed by atoms with Crippen LogP contribution in [0.1, 0.15) is 26.7 Å². The van der Waals surface area contributed by atoms with E-state index in [1.165, 1.54) is 0 Å². The summed E-state index contributed by atoms with van der Waals surface area (Å²) < 4.78 is 0. The number of rotatable bonds is 2. The molecule has 0 saturated carbocycles. The molecule has 1 amide bonds. The number of nitrogens with one attached hydrogen (secondary N) is 1. The van der Waals surface area contributed by atoms with Gasteiger partial charge in [0, 0.05) is 12.6 Å². The van der Waals surface area contributed by atoms with Gasteiger partial charge >= 0.3 is 0 Å². The van der Waals surface area contributed by atoms with Gasteiger partial charge in [0.15, 0.2) is 0 Å². The van der Waals surface area contributed by atoms with Crippen LogP contribution in [0.4, 0.5) is 0 Å². The van der Waals surface area contributed by atoms with Gasteiger partial charge in [-0.15, -0.1) is 0 Å². The number of likely N-dealkylation sites (tertiary alicyclic amines) is 1. The van der Waals surface area contributed by atoms with Crippen molar-refractivity contribution in [3.63, 3.8) is 0 Å². The van der Waals surface area contributed by atoms with E-state index in [0.717, 1.165) is 12.8 Å². The van der Waals surface area contributed by atoms with Crippen molar-refractivity contribution in [2.45, 2.75) is 44.9 Å². The van der Waals surface area contributed by atoms with Crippen molar-refractivity contribution in [1.82, 2.24) is 10.2 Å². The molecule has 0 aromatic rings. The molecule has 1 rings (SSSR count). The summed E-state index contributed by atoms with van der Waals surface area (Å²) in [6, 6.07) is 0.0875. The minimum absolute atomic E-state index is 0.0822. The van der Waals surface area contributed by atoms with Crippen LogP contribution in [0.3, 0.4) is 0 Å². The number of piperidine rings is 1. The number of carbonyl (C=O) groups is 1. The SMILES string of the molecule is CNC(C)C(=O)N1CC(O)CCC1C. The Labute approximate surface area is 85.3 Å². The normalized spacial score (nSPS) is 30.1. The van der Waals surface area contributed by atoms with Crippen LogP contribution in [0.15, 0.2) is 0 Å². The molecule has 4 nitrogen and oxygen atoms in total. The summed E-state index contributed by atoms with van der Waals surface area (Å²) >= 11 is 0. The predicted octanol–water partition coefficient (Wildman–Crippen LogP) is -0.0339. The van der Waals surface area contributed by atoms with Crippen LogP contribution in [0.5, 0.6) is 0 Å². The monoisotopic (exact) mass is 200 g/mol. The molecule has 0 radical (unpaired) electrons. The summed E-state index contributed by atoms with van der Waals surface area (Å²) in [6.45, 7) is 4.36. The lowest BCUT2D eigenvalue weighted by atomic mass is 10.0. The van der Waals surface area contributed by atoms with E-state index in [1.54, 1.807) is 11.9 Å². The van der Waals surface area contributed by atoms with E-state index >= 15 is 0 Å². The molecule has 1 fully saturated rings. The third-order valence-corrected chi connectivity index (χ3v) is 2.94. The second-order valence-electron chi connectivity index (χ2n) is 4.08. The number of carbonyl (C=O) groups excluding carboxylic acids is 1. The third-order valence-electron chi connectivity index (χ3n) is 2.94. The van der Waals surface area contributed by atoms with Gasteiger partial charge in [-0.05, 0) is 33.7 Å². The lowest BCUT2D eigenvalue weighted by molar-refractivity contribution is -0.138. The maximum atomic E-state index is 11.8. The largest absolute Gasteiger partial charge is 0.391 e. The molecule has 0 bridgehead atoms. The van der Waals surface area contributed by atoms with Gasteiger partial charge in [-0.3, -0.25) is 4.79 Å². The predicted molar refractivity (Wildman–Crippen MR) is 54.9 cm³/mol. The van der Waals surface area contributed by atoms with Crippen molar-refractivity contribution in [1.29, 1.82) is 0 Å². The van der Waals surface area contributed by atoms with Crippen molar-refractivity contribution in [3.8, 4) is 0 Å². The Morgan fingerprint density at radius 1 is 1.57 bits per heavy atom. The second-order valence-corrected chi connectivity index (χ2v) is 4.08. The van der Waals surface area contributed by atoms with E-state index in [4.69, 9.17) is 0 Å². The molecule has 82 valence electrons. The molecule has 0 aromatic heterocycles. The van der Waals surface area contributed by atoms with Gasteiger partial charge in [-0.2, -0.15) is 0 Å². The lowest BCUT2D eigenvalue weighted by Gasteiger charge is -2.37. The summed E-state index contributed by atoms with van der Waals surface area (Å²) in [7, 11) is 1.77. The maximum Gasteiger partial charge on any atom is 0.239 e. The Kier molecular flexibility index (Phi) is 3.89. The zero-order chi connectivity index (χ0) is 10.7. The van der Waals surface area contributed by atoms with Crippen LogP contribution in [-0.2, 0) is 4.79 Å². The van der Waals surface area contributed by atoms with Crippen LogP contribution in [0.25, 0.3) is 0 Å². The second kappa shape index (κ2) is 4.75. The fourth-order valence-electron chi connectivity index (χ4n) is 1.77. The molecular formula is C10H20N2O2. The smallest absolute Gasteiger partial charge is 0.239 e. The first-order valence-corrected chi connectivity index (χ1v) is 5.22. The van der Waals surface area contributed by atoms with Crippen molar-refractivity contribution in [2.24, 2.45) is 0 Å². The van der Waals surface area contributed by atoms with Crippen LogP contribution < -0.4 is 5.32 Å². The molecule has 1 aliphatic heterocycles. The molecule has 3 atom stereocenters. The Hall–Kier alpha value is -0.610. The van der Waals surface area contributed by atoms with E-state index in [2.05, 4.69) is 5.32 Å². The Morgan fingerprint density at radius 2 is 2.21 bits per heavy atom. The Bertz CT molecular complexity index is 208. The first-order chi connectivity index (χ1) is 6.56. The summed E-state index contributed by atoms with van der Waals surface area (Å²) in [5.74, 6) is 0.0822. The number of likely N-dealkylation sites (N-methyl/N-ethyl adjacent to an activating group) is 1. The van der Waals surface area contributed by atoms with Crippen molar-refractivity contribution in [3.05, 3.63) is 0 Å². The zero-order valence-corrected chi connectivity index (χ0v) is 9.16. The summed E-state index contributed by atoms with van der Waals surface area (Å²) in [5, 5.41) is 12.4. The average Bonchev–Trinajstić information content (AvgIpc) is 2.19. The molecule has 1 saturated heterocycles. The van der Waals surface area contributed by atoms with Crippen LogP contribution in [0.2, 0.25) is 0 Å². The fourth-order valence-corrected chi connectivity index (χ4v) is 1.77. The zero-order valence-electron chi connectivity index (χ0n) is 9.16. The minimum atomic E-state index is -0.348. The quantitative estimate of drug-likeness (QED) is 0.658. The molecule has 14 heavy (non-hydrogen) atoms. The number of amides is 1. The molecule has 0 aromatic carbocycles. The number of hydrogen-bond donors (Lipinski definition) is 2. The molecule has 0 spiro atoms. The maximum absolute atomic E-state index is 11.8. The number of hydrogen-bond acceptors (Lipinski definition) is 3. The molecule has 4 heteroatoms. The van der Waals surface area contributed by atoms with Gasteiger partial charge < -0.3 is 15.3 Å². The van der Waals surface area contributed by atoms with E-state index in [9.17, 15) is 9.90 Å². The molecule has 1 heterocycles. The standard InChI is InChI=1S/C10H20N2O2/c1-7-4-5-9(13)6-12(7)10(14)8(2)11-3/h7-9,11,13H,4-6H2,1-3H3. The van der Waals surface area contributed by atoms with Crippen LogP contribution >= 0.6 is 0 Å².